The van der Waals surface area contributed by atoms with E-state index in [1.165, 1.54) is 0 Å². The van der Waals surface area contributed by atoms with Crippen LogP contribution in [0.4, 0.5) is 0 Å². The molecule has 1 aliphatic rings. The number of para-hydroxylation sites is 1. The van der Waals surface area contributed by atoms with E-state index in [1.54, 1.807) is 18.2 Å². The van der Waals surface area contributed by atoms with Gasteiger partial charge in [-0.1, -0.05) is 18.2 Å². The van der Waals surface area contributed by atoms with Gasteiger partial charge >= 0.3 is 5.97 Å². The predicted molar refractivity (Wildman–Crippen MR) is 59.5 cm³/mol. The predicted octanol–water partition coefficient (Wildman–Crippen LogP) is 1.35. The van der Waals surface area contributed by atoms with Crippen LogP contribution in [-0.2, 0) is 4.79 Å². The van der Waals surface area contributed by atoms with Crippen molar-refractivity contribution in [1.82, 2.24) is 0 Å². The summed E-state index contributed by atoms with van der Waals surface area (Å²) in [6.07, 6.45) is 2.36. The summed E-state index contributed by atoms with van der Waals surface area (Å²) < 4.78 is 5.67. The van der Waals surface area contributed by atoms with Gasteiger partial charge < -0.3 is 15.6 Å². The Bertz CT molecular complexity index is 388. The Balaban J connectivity index is 2.25. The molecule has 4 heteroatoms. The van der Waals surface area contributed by atoms with Crippen molar-refractivity contribution in [3.63, 3.8) is 0 Å². The number of aliphatic carboxylic acids is 1. The van der Waals surface area contributed by atoms with Crippen LogP contribution in [-0.4, -0.2) is 23.7 Å². The van der Waals surface area contributed by atoms with Crippen molar-refractivity contribution in [2.24, 2.45) is 5.73 Å². The summed E-state index contributed by atoms with van der Waals surface area (Å²) in [4.78, 5) is 11.0. The lowest BCUT2D eigenvalue weighted by Gasteiger charge is -2.15. The van der Waals surface area contributed by atoms with Gasteiger partial charge in [-0.15, -0.1) is 0 Å². The number of benzene rings is 1. The molecular weight excluding hydrogens is 206 g/mol. The molecule has 4 nitrogen and oxygen atoms in total. The average Bonchev–Trinajstić information content (AvgIpc) is 3.05. The summed E-state index contributed by atoms with van der Waals surface area (Å²) in [7, 11) is 0. The highest BCUT2D eigenvalue weighted by atomic mass is 16.5. The van der Waals surface area contributed by atoms with E-state index in [4.69, 9.17) is 15.6 Å². The van der Waals surface area contributed by atoms with E-state index in [0.717, 1.165) is 12.8 Å². The molecule has 0 aromatic heterocycles. The second-order valence-electron chi connectivity index (χ2n) is 3.98. The number of rotatable bonds is 5. The molecule has 0 heterocycles. The third kappa shape index (κ3) is 2.33. The summed E-state index contributed by atoms with van der Waals surface area (Å²) in [6, 6.07) is 7.22. The highest BCUT2D eigenvalue weighted by Gasteiger charge is 2.27. The van der Waals surface area contributed by atoms with Crippen molar-refractivity contribution < 1.29 is 14.6 Å². The molecule has 1 aromatic rings. The maximum absolute atomic E-state index is 11.0. The smallest absolute Gasteiger partial charge is 0.312 e. The van der Waals surface area contributed by atoms with E-state index in [2.05, 4.69) is 0 Å². The zero-order valence-electron chi connectivity index (χ0n) is 8.93. The normalized spacial score (nSPS) is 16.8. The highest BCUT2D eigenvalue weighted by Crippen LogP contribution is 2.32. The third-order valence-electron chi connectivity index (χ3n) is 2.65. The highest BCUT2D eigenvalue weighted by molar-refractivity contribution is 5.77. The lowest BCUT2D eigenvalue weighted by Crippen LogP contribution is -2.22. The minimum atomic E-state index is -0.908. The van der Waals surface area contributed by atoms with Gasteiger partial charge in [0, 0.05) is 12.1 Å². The summed E-state index contributed by atoms with van der Waals surface area (Å²) in [6.45, 7) is 0.0837. The van der Waals surface area contributed by atoms with Gasteiger partial charge in [-0.05, 0) is 18.9 Å². The molecule has 86 valence electrons. The largest absolute Gasteiger partial charge is 0.490 e. The molecule has 2 rings (SSSR count). The minimum Gasteiger partial charge on any atom is -0.490 e. The average molecular weight is 221 g/mol. The van der Waals surface area contributed by atoms with E-state index in [9.17, 15) is 4.79 Å². The van der Waals surface area contributed by atoms with Crippen molar-refractivity contribution in [2.45, 2.75) is 24.9 Å². The Labute approximate surface area is 94.0 Å². The van der Waals surface area contributed by atoms with Crippen LogP contribution in [0.25, 0.3) is 0 Å². The molecule has 0 radical (unpaired) electrons. The van der Waals surface area contributed by atoms with Gasteiger partial charge in [-0.3, -0.25) is 4.79 Å². The summed E-state index contributed by atoms with van der Waals surface area (Å²) in [5, 5.41) is 9.07. The summed E-state index contributed by atoms with van der Waals surface area (Å²) in [5.41, 5.74) is 6.16. The zero-order valence-corrected chi connectivity index (χ0v) is 8.93. The first-order valence-electron chi connectivity index (χ1n) is 5.41. The van der Waals surface area contributed by atoms with Crippen LogP contribution in [0, 0.1) is 0 Å². The Kier molecular flexibility index (Phi) is 3.10. The second-order valence-corrected chi connectivity index (χ2v) is 3.98. The number of nitrogens with two attached hydrogens (primary N) is 1. The molecule has 1 atom stereocenters. The van der Waals surface area contributed by atoms with E-state index < -0.39 is 11.9 Å². The molecule has 1 fully saturated rings. The molecular formula is C12H15NO3. The zero-order chi connectivity index (χ0) is 11.5. The van der Waals surface area contributed by atoms with Crippen LogP contribution < -0.4 is 10.5 Å². The lowest BCUT2D eigenvalue weighted by atomic mass is 9.98. The molecule has 1 saturated carbocycles. The lowest BCUT2D eigenvalue weighted by molar-refractivity contribution is -0.138. The first-order valence-corrected chi connectivity index (χ1v) is 5.41. The topological polar surface area (TPSA) is 72.6 Å². The van der Waals surface area contributed by atoms with Crippen LogP contribution in [0.1, 0.15) is 24.3 Å². The number of ether oxygens (including phenoxy) is 1. The van der Waals surface area contributed by atoms with Gasteiger partial charge in [-0.25, -0.2) is 0 Å². The fourth-order valence-electron chi connectivity index (χ4n) is 1.60. The molecule has 0 bridgehead atoms. The molecule has 1 aromatic carbocycles. The van der Waals surface area contributed by atoms with Gasteiger partial charge in [0.1, 0.15) is 5.75 Å². The van der Waals surface area contributed by atoms with E-state index in [0.29, 0.717) is 11.3 Å². The number of carboxylic acids is 1. The monoisotopic (exact) mass is 221 g/mol. The fourth-order valence-corrected chi connectivity index (χ4v) is 1.60. The SMILES string of the molecule is NCC(C(=O)O)c1ccccc1OC1CC1. The Hall–Kier alpha value is -1.55. The summed E-state index contributed by atoms with van der Waals surface area (Å²) >= 11 is 0. The van der Waals surface area contributed by atoms with Gasteiger partial charge in [0.25, 0.3) is 0 Å². The van der Waals surface area contributed by atoms with Crippen LogP contribution in [0.2, 0.25) is 0 Å². The van der Waals surface area contributed by atoms with Gasteiger partial charge in [0.15, 0.2) is 0 Å². The quantitative estimate of drug-likeness (QED) is 0.787. The molecule has 16 heavy (non-hydrogen) atoms. The molecule has 1 aliphatic carbocycles. The molecule has 0 spiro atoms. The molecule has 1 unspecified atom stereocenters. The maximum Gasteiger partial charge on any atom is 0.312 e. The van der Waals surface area contributed by atoms with Crippen LogP contribution in [0.15, 0.2) is 24.3 Å². The first kappa shape index (κ1) is 11.0. The Morgan fingerprint density at radius 3 is 2.75 bits per heavy atom. The maximum atomic E-state index is 11.0. The minimum absolute atomic E-state index is 0.0837. The second kappa shape index (κ2) is 4.53. The van der Waals surface area contributed by atoms with Gasteiger partial charge in [0.05, 0.1) is 12.0 Å². The van der Waals surface area contributed by atoms with Crippen LogP contribution >= 0.6 is 0 Å². The van der Waals surface area contributed by atoms with Crippen LogP contribution in [0.3, 0.4) is 0 Å². The Morgan fingerprint density at radius 2 is 2.19 bits per heavy atom. The summed E-state index contributed by atoms with van der Waals surface area (Å²) in [5.74, 6) is -0.938. The van der Waals surface area contributed by atoms with Crippen molar-refractivity contribution in [3.05, 3.63) is 29.8 Å². The van der Waals surface area contributed by atoms with Crippen molar-refractivity contribution in [3.8, 4) is 5.75 Å². The number of carboxylic acid groups (broad SMARTS) is 1. The number of carbonyl (C=O) groups is 1. The molecule has 0 amide bonds. The van der Waals surface area contributed by atoms with E-state index >= 15 is 0 Å². The van der Waals surface area contributed by atoms with E-state index in [1.807, 2.05) is 6.07 Å². The van der Waals surface area contributed by atoms with Crippen molar-refractivity contribution >= 4 is 5.97 Å². The molecule has 0 saturated heterocycles. The van der Waals surface area contributed by atoms with Crippen molar-refractivity contribution in [2.75, 3.05) is 6.54 Å². The third-order valence-corrected chi connectivity index (χ3v) is 2.65. The molecule has 0 aliphatic heterocycles. The first-order chi connectivity index (χ1) is 7.72. The molecule has 3 N–H and O–H groups in total. The van der Waals surface area contributed by atoms with Gasteiger partial charge in [-0.2, -0.15) is 0 Å². The van der Waals surface area contributed by atoms with Gasteiger partial charge in [0.2, 0.25) is 0 Å². The van der Waals surface area contributed by atoms with Crippen molar-refractivity contribution in [1.29, 1.82) is 0 Å². The number of hydrogen-bond donors (Lipinski definition) is 2. The fraction of sp³-hybridized carbons (Fsp3) is 0.417. The number of hydrogen-bond acceptors (Lipinski definition) is 3. The van der Waals surface area contributed by atoms with Crippen LogP contribution in [0.5, 0.6) is 5.75 Å². The van der Waals surface area contributed by atoms with E-state index in [-0.39, 0.29) is 12.6 Å². The standard InChI is InChI=1S/C12H15NO3/c13-7-10(12(14)15)9-3-1-2-4-11(9)16-8-5-6-8/h1-4,8,10H,5-7,13H2,(H,14,15). The Morgan fingerprint density at radius 1 is 1.50 bits per heavy atom.